The Morgan fingerprint density at radius 1 is 1.29 bits per heavy atom. The lowest BCUT2D eigenvalue weighted by Crippen LogP contribution is -2.26. The predicted molar refractivity (Wildman–Crippen MR) is 109 cm³/mol. The first kappa shape index (κ1) is 20.7. The number of carbonyl (C=O) groups is 1. The van der Waals surface area contributed by atoms with E-state index in [1.54, 1.807) is 0 Å². The minimum atomic E-state index is -0.465. The molecule has 0 radical (unpaired) electrons. The molecule has 0 bridgehead atoms. The Bertz CT molecular complexity index is 594. The van der Waals surface area contributed by atoms with Crippen molar-refractivity contribution in [3.05, 3.63) is 29.3 Å². The number of halogens is 1. The zero-order valence-corrected chi connectivity index (χ0v) is 17.1. The number of esters is 1. The van der Waals surface area contributed by atoms with Gasteiger partial charge in [0.1, 0.15) is 5.60 Å². The molecule has 134 valence electrons. The van der Waals surface area contributed by atoms with Crippen LogP contribution < -0.4 is 11.1 Å². The number of hydrogen-bond donors (Lipinski definition) is 2. The van der Waals surface area contributed by atoms with Gasteiger partial charge in [0.15, 0.2) is 5.96 Å². The molecule has 1 aliphatic rings. The van der Waals surface area contributed by atoms with Crippen molar-refractivity contribution in [2.75, 3.05) is 11.9 Å². The first-order chi connectivity index (χ1) is 10.8. The van der Waals surface area contributed by atoms with Crippen molar-refractivity contribution in [3.63, 3.8) is 0 Å². The summed E-state index contributed by atoms with van der Waals surface area (Å²) in [6.45, 7) is 5.87. The maximum Gasteiger partial charge on any atom is 0.308 e. The summed E-state index contributed by atoms with van der Waals surface area (Å²) in [6, 6.07) is 6.25. The lowest BCUT2D eigenvalue weighted by atomic mass is 9.90. The van der Waals surface area contributed by atoms with Gasteiger partial charge in [0.25, 0.3) is 0 Å². The Balaban J connectivity index is 0.00000288. The molecule has 0 aliphatic heterocycles. The fourth-order valence-electron chi connectivity index (χ4n) is 2.74. The highest BCUT2D eigenvalue weighted by atomic mass is 127. The predicted octanol–water partition coefficient (Wildman–Crippen LogP) is 3.64. The van der Waals surface area contributed by atoms with E-state index in [4.69, 9.17) is 10.5 Å². The van der Waals surface area contributed by atoms with Gasteiger partial charge in [-0.1, -0.05) is 12.1 Å². The Morgan fingerprint density at radius 3 is 2.71 bits per heavy atom. The lowest BCUT2D eigenvalue weighted by Gasteiger charge is -2.20. The monoisotopic (exact) mass is 445 g/mol. The minimum absolute atomic E-state index is 0. The van der Waals surface area contributed by atoms with E-state index in [1.165, 1.54) is 24.0 Å². The van der Waals surface area contributed by atoms with Gasteiger partial charge in [-0.25, -0.2) is 0 Å². The van der Waals surface area contributed by atoms with Crippen LogP contribution in [0.3, 0.4) is 0 Å². The fourth-order valence-corrected chi connectivity index (χ4v) is 2.74. The molecule has 0 heterocycles. The number of nitrogens with one attached hydrogen (secondary N) is 1. The summed E-state index contributed by atoms with van der Waals surface area (Å²) < 4.78 is 5.24. The van der Waals surface area contributed by atoms with Crippen LogP contribution in [0.5, 0.6) is 0 Å². The van der Waals surface area contributed by atoms with Crippen molar-refractivity contribution in [2.45, 2.75) is 58.5 Å². The second kappa shape index (κ2) is 9.25. The Kier molecular flexibility index (Phi) is 7.99. The number of ether oxygens (including phenoxy) is 1. The summed E-state index contributed by atoms with van der Waals surface area (Å²) in [5.74, 6) is 0.0821. The highest BCUT2D eigenvalue weighted by molar-refractivity contribution is 14.0. The van der Waals surface area contributed by atoms with E-state index in [0.29, 0.717) is 12.5 Å². The van der Waals surface area contributed by atoms with Crippen LogP contribution in [0.25, 0.3) is 0 Å². The van der Waals surface area contributed by atoms with E-state index in [1.807, 2.05) is 32.9 Å². The average molecular weight is 445 g/mol. The highest BCUT2D eigenvalue weighted by Crippen LogP contribution is 2.27. The first-order valence-corrected chi connectivity index (χ1v) is 8.25. The molecular weight excluding hydrogens is 417 g/mol. The SMILES string of the molecule is CC(C)(C)OC(=O)CCN=C(N)Nc1cccc2c1CCCC2.I. The number of nitrogens with zero attached hydrogens (tertiary/aromatic N) is 1. The molecule has 0 unspecified atom stereocenters. The van der Waals surface area contributed by atoms with Gasteiger partial charge >= 0.3 is 5.97 Å². The van der Waals surface area contributed by atoms with Crippen LogP contribution in [-0.2, 0) is 22.4 Å². The molecule has 0 amide bonds. The van der Waals surface area contributed by atoms with Gasteiger partial charge in [0.05, 0.1) is 13.0 Å². The molecule has 1 aromatic rings. The Hall–Kier alpha value is -1.31. The quantitative estimate of drug-likeness (QED) is 0.321. The van der Waals surface area contributed by atoms with Gasteiger partial charge in [0.2, 0.25) is 0 Å². The maximum atomic E-state index is 11.6. The molecule has 6 heteroatoms. The first-order valence-electron chi connectivity index (χ1n) is 8.25. The van der Waals surface area contributed by atoms with Crippen molar-refractivity contribution >= 4 is 41.6 Å². The number of fused-ring (bicyclic) bond motifs is 1. The van der Waals surface area contributed by atoms with E-state index in [9.17, 15) is 4.79 Å². The van der Waals surface area contributed by atoms with Crippen molar-refractivity contribution < 1.29 is 9.53 Å². The van der Waals surface area contributed by atoms with Gasteiger partial charge in [-0.15, -0.1) is 24.0 Å². The van der Waals surface area contributed by atoms with Crippen molar-refractivity contribution in [3.8, 4) is 0 Å². The van der Waals surface area contributed by atoms with E-state index in [2.05, 4.69) is 16.4 Å². The zero-order chi connectivity index (χ0) is 16.9. The van der Waals surface area contributed by atoms with Crippen molar-refractivity contribution in [2.24, 2.45) is 10.7 Å². The second-order valence-electron chi connectivity index (χ2n) is 6.88. The number of hydrogen-bond acceptors (Lipinski definition) is 3. The van der Waals surface area contributed by atoms with Crippen LogP contribution in [0.2, 0.25) is 0 Å². The van der Waals surface area contributed by atoms with Gasteiger partial charge in [0, 0.05) is 5.69 Å². The molecule has 1 aromatic carbocycles. The summed E-state index contributed by atoms with van der Waals surface area (Å²) in [5.41, 5.74) is 9.23. The molecule has 24 heavy (non-hydrogen) atoms. The molecule has 0 saturated heterocycles. The smallest absolute Gasteiger partial charge is 0.308 e. The van der Waals surface area contributed by atoms with Crippen LogP contribution in [0.4, 0.5) is 5.69 Å². The normalized spacial score (nSPS) is 14.4. The Labute approximate surface area is 161 Å². The van der Waals surface area contributed by atoms with Crippen LogP contribution in [0.1, 0.15) is 51.2 Å². The number of guanidine groups is 1. The third-order valence-corrected chi connectivity index (χ3v) is 3.68. The molecule has 5 nitrogen and oxygen atoms in total. The van der Waals surface area contributed by atoms with Crippen molar-refractivity contribution in [1.29, 1.82) is 0 Å². The zero-order valence-electron chi connectivity index (χ0n) is 14.7. The standard InChI is InChI=1S/C18H27N3O2.HI/c1-18(2,3)23-16(22)11-12-20-17(19)21-15-10-6-8-13-7-4-5-9-14(13)15;/h6,8,10H,4-5,7,9,11-12H2,1-3H3,(H3,19,20,21);1H. The lowest BCUT2D eigenvalue weighted by molar-refractivity contribution is -0.154. The van der Waals surface area contributed by atoms with Crippen LogP contribution >= 0.6 is 24.0 Å². The summed E-state index contributed by atoms with van der Waals surface area (Å²) in [4.78, 5) is 15.9. The minimum Gasteiger partial charge on any atom is -0.460 e. The molecular formula is C18H28IN3O2. The number of benzene rings is 1. The van der Waals surface area contributed by atoms with Gasteiger partial charge < -0.3 is 15.8 Å². The maximum absolute atomic E-state index is 11.6. The van der Waals surface area contributed by atoms with E-state index in [-0.39, 0.29) is 36.4 Å². The van der Waals surface area contributed by atoms with Gasteiger partial charge in [-0.3, -0.25) is 9.79 Å². The van der Waals surface area contributed by atoms with E-state index in [0.717, 1.165) is 18.5 Å². The van der Waals surface area contributed by atoms with E-state index >= 15 is 0 Å². The third kappa shape index (κ3) is 6.67. The summed E-state index contributed by atoms with van der Waals surface area (Å²) >= 11 is 0. The van der Waals surface area contributed by atoms with Crippen molar-refractivity contribution in [1.82, 2.24) is 0 Å². The highest BCUT2D eigenvalue weighted by Gasteiger charge is 2.16. The largest absolute Gasteiger partial charge is 0.460 e. The average Bonchev–Trinajstić information content (AvgIpc) is 2.45. The molecule has 1 aliphatic carbocycles. The molecule has 0 atom stereocenters. The molecule has 0 aromatic heterocycles. The number of aliphatic imine (C=N–C) groups is 1. The number of nitrogens with two attached hydrogens (primary N) is 1. The number of anilines is 1. The van der Waals surface area contributed by atoms with E-state index < -0.39 is 5.60 Å². The summed E-state index contributed by atoms with van der Waals surface area (Å²) in [6.07, 6.45) is 4.88. The number of carbonyl (C=O) groups excluding carboxylic acids is 1. The van der Waals surface area contributed by atoms with Crippen LogP contribution in [0.15, 0.2) is 23.2 Å². The molecule has 0 fully saturated rings. The number of rotatable bonds is 4. The summed E-state index contributed by atoms with van der Waals surface area (Å²) in [7, 11) is 0. The third-order valence-electron chi connectivity index (χ3n) is 3.68. The molecule has 0 saturated carbocycles. The molecule has 2 rings (SSSR count). The van der Waals surface area contributed by atoms with Crippen LogP contribution in [0, 0.1) is 0 Å². The second-order valence-corrected chi connectivity index (χ2v) is 6.88. The Morgan fingerprint density at radius 2 is 2.00 bits per heavy atom. The number of aryl methyl sites for hydroxylation is 1. The van der Waals surface area contributed by atoms with Gasteiger partial charge in [-0.05, 0) is 63.6 Å². The molecule has 3 N–H and O–H groups in total. The van der Waals surface area contributed by atoms with Gasteiger partial charge in [-0.2, -0.15) is 0 Å². The van der Waals surface area contributed by atoms with Crippen LogP contribution in [-0.4, -0.2) is 24.1 Å². The summed E-state index contributed by atoms with van der Waals surface area (Å²) in [5, 5.41) is 3.17. The topological polar surface area (TPSA) is 76.7 Å². The molecule has 0 spiro atoms. The fraction of sp³-hybridized carbons (Fsp3) is 0.556.